The molecule has 0 unspecified atom stereocenters. The van der Waals surface area contributed by atoms with Gasteiger partial charge in [-0.1, -0.05) is 56.0 Å². The Kier molecular flexibility index (Phi) is 6.48. The fourth-order valence-corrected chi connectivity index (χ4v) is 3.42. The van der Waals surface area contributed by atoms with Crippen LogP contribution < -0.4 is 11.1 Å². The van der Waals surface area contributed by atoms with Crippen LogP contribution in [0.2, 0.25) is 0 Å². The highest BCUT2D eigenvalue weighted by atomic mass is 15.1. The zero-order chi connectivity index (χ0) is 17.3. The number of aryl methyl sites for hydroxylation is 2. The summed E-state index contributed by atoms with van der Waals surface area (Å²) in [5.74, 6) is 1.51. The molecule has 5 heteroatoms. The van der Waals surface area contributed by atoms with Crippen molar-refractivity contribution >= 4 is 5.96 Å². The largest absolute Gasteiger partial charge is 0.370 e. The van der Waals surface area contributed by atoms with Gasteiger partial charge in [0.05, 0.1) is 0 Å². The molecule has 1 heterocycles. The highest BCUT2D eigenvalue weighted by Crippen LogP contribution is 2.17. The van der Waals surface area contributed by atoms with Gasteiger partial charge in [-0.25, -0.2) is 9.98 Å². The number of aliphatic imine (C=N–C) groups is 1. The SMILES string of the molecule is NC(=NCc1nccn1CCc1ccccc1)NC1CCCCCC1. The third-order valence-corrected chi connectivity index (χ3v) is 4.88. The molecule has 25 heavy (non-hydrogen) atoms. The Bertz CT molecular complexity index is 654. The molecule has 1 saturated carbocycles. The van der Waals surface area contributed by atoms with E-state index in [0.717, 1.165) is 18.8 Å². The molecule has 0 atom stereocenters. The number of rotatable bonds is 6. The second-order valence-electron chi connectivity index (χ2n) is 6.81. The predicted octanol–water partition coefficient (Wildman–Crippen LogP) is 3.25. The Hall–Kier alpha value is -2.30. The van der Waals surface area contributed by atoms with Crippen molar-refractivity contribution in [3.8, 4) is 0 Å². The molecule has 134 valence electrons. The minimum atomic E-state index is 0.476. The number of hydrogen-bond acceptors (Lipinski definition) is 2. The van der Waals surface area contributed by atoms with Gasteiger partial charge < -0.3 is 15.6 Å². The van der Waals surface area contributed by atoms with Crippen molar-refractivity contribution in [2.24, 2.45) is 10.7 Å². The summed E-state index contributed by atoms with van der Waals surface area (Å²) in [5.41, 5.74) is 7.42. The van der Waals surface area contributed by atoms with Crippen LogP contribution in [0.1, 0.15) is 49.9 Å². The van der Waals surface area contributed by atoms with E-state index in [1.165, 1.54) is 44.1 Å². The first-order chi connectivity index (χ1) is 12.3. The number of nitrogens with one attached hydrogen (secondary N) is 1. The third-order valence-electron chi connectivity index (χ3n) is 4.88. The maximum atomic E-state index is 6.09. The molecule has 1 fully saturated rings. The normalized spacial score (nSPS) is 16.6. The summed E-state index contributed by atoms with van der Waals surface area (Å²) in [6.07, 6.45) is 12.5. The lowest BCUT2D eigenvalue weighted by Gasteiger charge is -2.16. The summed E-state index contributed by atoms with van der Waals surface area (Å²) in [4.78, 5) is 8.94. The van der Waals surface area contributed by atoms with E-state index >= 15 is 0 Å². The lowest BCUT2D eigenvalue weighted by Crippen LogP contribution is -2.39. The van der Waals surface area contributed by atoms with Crippen molar-refractivity contribution < 1.29 is 0 Å². The number of nitrogens with two attached hydrogens (primary N) is 1. The Balaban J connectivity index is 1.51. The van der Waals surface area contributed by atoms with Gasteiger partial charge in [-0.05, 0) is 24.8 Å². The van der Waals surface area contributed by atoms with Gasteiger partial charge in [0.15, 0.2) is 5.96 Å². The van der Waals surface area contributed by atoms with Crippen LogP contribution in [0, 0.1) is 0 Å². The highest BCUT2D eigenvalue weighted by Gasteiger charge is 2.12. The quantitative estimate of drug-likeness (QED) is 0.482. The van der Waals surface area contributed by atoms with Crippen LogP contribution in [-0.2, 0) is 19.5 Å². The first-order valence-corrected chi connectivity index (χ1v) is 9.41. The summed E-state index contributed by atoms with van der Waals surface area (Å²) in [5, 5.41) is 3.39. The van der Waals surface area contributed by atoms with Crippen LogP contribution in [0.4, 0.5) is 0 Å². The molecule has 1 aromatic heterocycles. The maximum Gasteiger partial charge on any atom is 0.189 e. The molecule has 0 amide bonds. The third kappa shape index (κ3) is 5.62. The highest BCUT2D eigenvalue weighted by molar-refractivity contribution is 5.78. The van der Waals surface area contributed by atoms with Gasteiger partial charge >= 0.3 is 0 Å². The van der Waals surface area contributed by atoms with Crippen LogP contribution in [0.25, 0.3) is 0 Å². The smallest absolute Gasteiger partial charge is 0.189 e. The first kappa shape index (κ1) is 17.5. The van der Waals surface area contributed by atoms with E-state index in [2.05, 4.69) is 44.1 Å². The van der Waals surface area contributed by atoms with Gasteiger partial charge in [0.25, 0.3) is 0 Å². The second kappa shape index (κ2) is 9.25. The number of benzene rings is 1. The predicted molar refractivity (Wildman–Crippen MR) is 102 cm³/mol. The Morgan fingerprint density at radius 2 is 1.92 bits per heavy atom. The fourth-order valence-electron chi connectivity index (χ4n) is 3.42. The summed E-state index contributed by atoms with van der Waals surface area (Å²) >= 11 is 0. The molecule has 1 aromatic carbocycles. The zero-order valence-electron chi connectivity index (χ0n) is 14.9. The Morgan fingerprint density at radius 1 is 1.16 bits per heavy atom. The molecule has 5 nitrogen and oxygen atoms in total. The minimum Gasteiger partial charge on any atom is -0.370 e. The lowest BCUT2D eigenvalue weighted by atomic mass is 10.1. The molecule has 3 N–H and O–H groups in total. The average molecular weight is 339 g/mol. The number of hydrogen-bond donors (Lipinski definition) is 2. The van der Waals surface area contributed by atoms with E-state index in [1.807, 2.05) is 18.5 Å². The van der Waals surface area contributed by atoms with E-state index in [4.69, 9.17) is 5.73 Å². The number of imidazole rings is 1. The van der Waals surface area contributed by atoms with E-state index < -0.39 is 0 Å². The van der Waals surface area contributed by atoms with E-state index in [-0.39, 0.29) is 0 Å². The van der Waals surface area contributed by atoms with Crippen molar-refractivity contribution in [3.05, 3.63) is 54.1 Å². The van der Waals surface area contributed by atoms with Crippen molar-refractivity contribution in [1.82, 2.24) is 14.9 Å². The topological polar surface area (TPSA) is 68.2 Å². The molecular formula is C20H29N5. The zero-order valence-corrected chi connectivity index (χ0v) is 14.9. The molecule has 0 radical (unpaired) electrons. The van der Waals surface area contributed by atoms with Crippen LogP contribution >= 0.6 is 0 Å². The summed E-state index contributed by atoms with van der Waals surface area (Å²) < 4.78 is 2.16. The molecular weight excluding hydrogens is 310 g/mol. The fraction of sp³-hybridized carbons (Fsp3) is 0.500. The number of nitrogens with zero attached hydrogens (tertiary/aromatic N) is 3. The second-order valence-corrected chi connectivity index (χ2v) is 6.81. The molecule has 3 rings (SSSR count). The standard InChI is InChI=1S/C20H29N5/c21-20(24-18-10-6-1-2-7-11-18)23-16-19-22-13-15-25(19)14-12-17-8-4-3-5-9-17/h3-5,8-9,13,15,18H,1-2,6-7,10-12,14,16H2,(H3,21,23,24). The summed E-state index contributed by atoms with van der Waals surface area (Å²) in [6, 6.07) is 11.0. The van der Waals surface area contributed by atoms with Crippen molar-refractivity contribution in [1.29, 1.82) is 0 Å². The molecule has 0 aliphatic heterocycles. The summed E-state index contributed by atoms with van der Waals surface area (Å²) in [7, 11) is 0. The Morgan fingerprint density at radius 3 is 2.68 bits per heavy atom. The van der Waals surface area contributed by atoms with Gasteiger partial charge in [-0.2, -0.15) is 0 Å². The van der Waals surface area contributed by atoms with Crippen LogP contribution in [0.5, 0.6) is 0 Å². The van der Waals surface area contributed by atoms with Crippen molar-refractivity contribution in [2.75, 3.05) is 0 Å². The van der Waals surface area contributed by atoms with Crippen molar-refractivity contribution in [3.63, 3.8) is 0 Å². The molecule has 0 bridgehead atoms. The van der Waals surface area contributed by atoms with Gasteiger partial charge in [-0.15, -0.1) is 0 Å². The van der Waals surface area contributed by atoms with Gasteiger partial charge in [-0.3, -0.25) is 0 Å². The number of guanidine groups is 1. The van der Waals surface area contributed by atoms with Crippen LogP contribution in [-0.4, -0.2) is 21.6 Å². The molecule has 0 saturated heterocycles. The molecule has 2 aromatic rings. The Labute approximate surface area is 150 Å². The van der Waals surface area contributed by atoms with Crippen molar-refractivity contribution in [2.45, 2.75) is 64.1 Å². The lowest BCUT2D eigenvalue weighted by molar-refractivity contribution is 0.529. The molecule has 0 spiro atoms. The average Bonchev–Trinajstić information content (AvgIpc) is 2.93. The van der Waals surface area contributed by atoms with E-state index in [9.17, 15) is 0 Å². The molecule has 1 aliphatic rings. The van der Waals surface area contributed by atoms with Crippen LogP contribution in [0.15, 0.2) is 47.7 Å². The minimum absolute atomic E-state index is 0.476. The first-order valence-electron chi connectivity index (χ1n) is 9.41. The van der Waals surface area contributed by atoms with Gasteiger partial charge in [0.1, 0.15) is 12.4 Å². The van der Waals surface area contributed by atoms with E-state index in [0.29, 0.717) is 18.5 Å². The molecule has 1 aliphatic carbocycles. The van der Waals surface area contributed by atoms with Gasteiger partial charge in [0.2, 0.25) is 0 Å². The van der Waals surface area contributed by atoms with E-state index in [1.54, 1.807) is 0 Å². The van der Waals surface area contributed by atoms with Crippen LogP contribution in [0.3, 0.4) is 0 Å². The maximum absolute atomic E-state index is 6.09. The van der Waals surface area contributed by atoms with Gasteiger partial charge in [0, 0.05) is 25.0 Å². The monoisotopic (exact) mass is 339 g/mol. The number of aromatic nitrogens is 2. The summed E-state index contributed by atoms with van der Waals surface area (Å²) in [6.45, 7) is 1.43.